The summed E-state index contributed by atoms with van der Waals surface area (Å²) in [5.41, 5.74) is 0.733. The molecule has 7 nitrogen and oxygen atoms in total. The summed E-state index contributed by atoms with van der Waals surface area (Å²) in [6.07, 6.45) is 0.393. The second-order valence-electron chi connectivity index (χ2n) is 6.10. The maximum Gasteiger partial charge on any atom is 0.409 e. The first-order chi connectivity index (χ1) is 12.4. The monoisotopic (exact) mass is 379 g/mol. The summed E-state index contributed by atoms with van der Waals surface area (Å²) in [4.78, 5) is 39.8. The van der Waals surface area contributed by atoms with E-state index >= 15 is 0 Å². The normalized spacial score (nSPS) is 15.8. The molecule has 0 saturated carbocycles. The second kappa shape index (κ2) is 9.47. The first-order valence-corrected chi connectivity index (χ1v) is 9.44. The second-order valence-corrected chi connectivity index (χ2v) is 7.52. The van der Waals surface area contributed by atoms with Crippen LogP contribution in [0.5, 0.6) is 0 Å². The highest BCUT2D eigenvalue weighted by Crippen LogP contribution is 2.26. The molecule has 1 saturated heterocycles. The number of hydrogen-bond donors (Lipinski definition) is 1. The van der Waals surface area contributed by atoms with Crippen LogP contribution in [0.4, 0.5) is 10.5 Å². The van der Waals surface area contributed by atoms with Gasteiger partial charge in [-0.05, 0) is 37.6 Å². The number of rotatable bonds is 4. The van der Waals surface area contributed by atoms with Crippen LogP contribution in [0.1, 0.15) is 20.3 Å². The van der Waals surface area contributed by atoms with Crippen molar-refractivity contribution in [2.75, 3.05) is 38.6 Å². The van der Waals surface area contributed by atoms with E-state index < -0.39 is 0 Å². The molecule has 1 aromatic carbocycles. The number of benzene rings is 1. The van der Waals surface area contributed by atoms with Gasteiger partial charge in [-0.15, -0.1) is 11.8 Å². The quantitative estimate of drug-likeness (QED) is 0.813. The molecule has 1 N–H and O–H groups in total. The van der Waals surface area contributed by atoms with Crippen LogP contribution in [0.2, 0.25) is 0 Å². The predicted molar refractivity (Wildman–Crippen MR) is 101 cm³/mol. The van der Waals surface area contributed by atoms with E-state index in [1.54, 1.807) is 4.90 Å². The minimum absolute atomic E-state index is 0.0626. The number of hydrogen-bond acceptors (Lipinski definition) is 5. The fourth-order valence-corrected chi connectivity index (χ4v) is 3.73. The van der Waals surface area contributed by atoms with Gasteiger partial charge in [0.1, 0.15) is 0 Å². The van der Waals surface area contributed by atoms with Crippen LogP contribution in [-0.4, -0.2) is 66.2 Å². The summed E-state index contributed by atoms with van der Waals surface area (Å²) in [6.45, 7) is 5.59. The van der Waals surface area contributed by atoms with Crippen molar-refractivity contribution in [3.63, 3.8) is 0 Å². The minimum Gasteiger partial charge on any atom is -0.453 e. The highest BCUT2D eigenvalue weighted by molar-refractivity contribution is 8.00. The van der Waals surface area contributed by atoms with Crippen LogP contribution >= 0.6 is 11.8 Å². The van der Waals surface area contributed by atoms with Crippen molar-refractivity contribution in [2.45, 2.75) is 30.4 Å². The van der Waals surface area contributed by atoms with Crippen molar-refractivity contribution in [3.8, 4) is 0 Å². The van der Waals surface area contributed by atoms with E-state index in [0.29, 0.717) is 26.2 Å². The molecule has 1 aliphatic heterocycles. The maximum absolute atomic E-state index is 12.7. The Morgan fingerprint density at radius 3 is 2.31 bits per heavy atom. The Hall–Kier alpha value is -2.22. The molecule has 3 amide bonds. The van der Waals surface area contributed by atoms with Crippen LogP contribution in [0.3, 0.4) is 0 Å². The molecular weight excluding hydrogens is 354 g/mol. The van der Waals surface area contributed by atoms with Crippen LogP contribution in [0.25, 0.3) is 0 Å². The van der Waals surface area contributed by atoms with Crippen molar-refractivity contribution >= 4 is 35.4 Å². The lowest BCUT2D eigenvalue weighted by atomic mass is 10.3. The Bertz CT molecular complexity index is 650. The molecule has 26 heavy (non-hydrogen) atoms. The van der Waals surface area contributed by atoms with Gasteiger partial charge in [0.15, 0.2) is 0 Å². The number of methoxy groups -OCH3 is 1. The Morgan fingerprint density at radius 1 is 1.08 bits per heavy atom. The van der Waals surface area contributed by atoms with E-state index in [0.717, 1.165) is 17.0 Å². The maximum atomic E-state index is 12.7. The van der Waals surface area contributed by atoms with E-state index in [9.17, 15) is 14.4 Å². The zero-order valence-electron chi connectivity index (χ0n) is 15.4. The number of amides is 3. The van der Waals surface area contributed by atoms with Crippen molar-refractivity contribution in [3.05, 3.63) is 24.3 Å². The number of anilines is 1. The molecule has 0 bridgehead atoms. The minimum atomic E-state index is -0.346. The van der Waals surface area contributed by atoms with E-state index in [-0.39, 0.29) is 23.2 Å². The summed E-state index contributed by atoms with van der Waals surface area (Å²) in [5.74, 6) is -0.0521. The summed E-state index contributed by atoms with van der Waals surface area (Å²) >= 11 is 1.48. The van der Waals surface area contributed by atoms with Crippen molar-refractivity contribution in [2.24, 2.45) is 0 Å². The summed E-state index contributed by atoms with van der Waals surface area (Å²) < 4.78 is 4.75. The molecule has 1 aromatic rings. The van der Waals surface area contributed by atoms with Gasteiger partial charge in [0.2, 0.25) is 11.8 Å². The third-order valence-electron chi connectivity index (χ3n) is 4.08. The van der Waals surface area contributed by atoms with E-state index in [1.165, 1.54) is 25.8 Å². The Kier molecular flexibility index (Phi) is 7.32. The topological polar surface area (TPSA) is 79.0 Å². The number of carbonyl (C=O) groups is 3. The number of carbonyl (C=O) groups excluding carboxylic acids is 3. The average Bonchev–Trinajstić information content (AvgIpc) is 2.87. The van der Waals surface area contributed by atoms with E-state index in [2.05, 4.69) is 5.32 Å². The number of nitrogens with one attached hydrogen (secondary N) is 1. The van der Waals surface area contributed by atoms with E-state index in [1.807, 2.05) is 36.1 Å². The lowest BCUT2D eigenvalue weighted by Crippen LogP contribution is -2.40. The standard InChI is InChI=1S/C18H25N3O4S/c1-13(26-16-7-5-15(6-8-16)19-14(2)22)17(23)20-9-4-10-21(12-11-20)18(24)25-3/h5-8,13H,4,9-12H2,1-3H3,(H,19,22). The molecule has 0 aromatic heterocycles. The van der Waals surface area contributed by atoms with Gasteiger partial charge in [0.05, 0.1) is 12.4 Å². The Labute approximate surface area is 158 Å². The van der Waals surface area contributed by atoms with Gasteiger partial charge in [-0.1, -0.05) is 0 Å². The smallest absolute Gasteiger partial charge is 0.409 e. The van der Waals surface area contributed by atoms with Gasteiger partial charge < -0.3 is 19.9 Å². The summed E-state index contributed by atoms with van der Waals surface area (Å²) in [6, 6.07) is 7.42. The average molecular weight is 379 g/mol. The third-order valence-corrected chi connectivity index (χ3v) is 5.18. The van der Waals surface area contributed by atoms with Crippen LogP contribution in [0.15, 0.2) is 29.2 Å². The summed E-state index contributed by atoms with van der Waals surface area (Å²) in [5, 5.41) is 2.49. The lowest BCUT2D eigenvalue weighted by molar-refractivity contribution is -0.130. The van der Waals surface area contributed by atoms with Crippen LogP contribution < -0.4 is 5.32 Å². The van der Waals surface area contributed by atoms with Crippen molar-refractivity contribution in [1.29, 1.82) is 0 Å². The molecule has 142 valence electrons. The van der Waals surface area contributed by atoms with Crippen LogP contribution in [0, 0.1) is 0 Å². The Balaban J connectivity index is 1.90. The number of nitrogens with zero attached hydrogens (tertiary/aromatic N) is 2. The summed E-state index contributed by atoms with van der Waals surface area (Å²) in [7, 11) is 1.37. The van der Waals surface area contributed by atoms with Gasteiger partial charge in [-0.3, -0.25) is 9.59 Å². The van der Waals surface area contributed by atoms with Gasteiger partial charge in [-0.25, -0.2) is 4.79 Å². The Morgan fingerprint density at radius 2 is 1.69 bits per heavy atom. The van der Waals surface area contributed by atoms with Crippen molar-refractivity contribution in [1.82, 2.24) is 9.80 Å². The van der Waals surface area contributed by atoms with Crippen molar-refractivity contribution < 1.29 is 19.1 Å². The molecule has 1 aliphatic rings. The highest BCUT2D eigenvalue weighted by Gasteiger charge is 2.25. The van der Waals surface area contributed by atoms with Gasteiger partial charge in [0.25, 0.3) is 0 Å². The molecule has 0 aliphatic carbocycles. The van der Waals surface area contributed by atoms with Crippen LogP contribution in [-0.2, 0) is 14.3 Å². The molecule has 1 heterocycles. The molecule has 8 heteroatoms. The highest BCUT2D eigenvalue weighted by atomic mass is 32.2. The zero-order valence-corrected chi connectivity index (χ0v) is 16.2. The van der Waals surface area contributed by atoms with Gasteiger partial charge in [-0.2, -0.15) is 0 Å². The van der Waals surface area contributed by atoms with E-state index in [4.69, 9.17) is 4.74 Å². The SMILES string of the molecule is COC(=O)N1CCCN(C(=O)C(C)Sc2ccc(NC(C)=O)cc2)CC1. The zero-order chi connectivity index (χ0) is 19.1. The lowest BCUT2D eigenvalue weighted by Gasteiger charge is -2.24. The third kappa shape index (κ3) is 5.66. The first kappa shape index (κ1) is 20.1. The number of thioether (sulfide) groups is 1. The van der Waals surface area contributed by atoms with Gasteiger partial charge >= 0.3 is 6.09 Å². The molecule has 0 spiro atoms. The van der Waals surface area contributed by atoms with Gasteiger partial charge in [0, 0.05) is 43.7 Å². The molecular formula is C18H25N3O4S. The predicted octanol–water partition coefficient (Wildman–Crippen LogP) is 2.43. The largest absolute Gasteiger partial charge is 0.453 e. The number of ether oxygens (including phenoxy) is 1. The first-order valence-electron chi connectivity index (χ1n) is 8.56. The fraction of sp³-hybridized carbons (Fsp3) is 0.500. The molecule has 1 atom stereocenters. The molecule has 2 rings (SSSR count). The molecule has 1 fully saturated rings. The molecule has 0 radical (unpaired) electrons. The molecule has 1 unspecified atom stereocenters. The fourth-order valence-electron chi connectivity index (χ4n) is 2.78.